The quantitative estimate of drug-likeness (QED) is 0.458. The van der Waals surface area contributed by atoms with Gasteiger partial charge in [-0.3, -0.25) is 14.4 Å². The van der Waals surface area contributed by atoms with E-state index in [-0.39, 0.29) is 24.7 Å². The topological polar surface area (TPSA) is 78.9 Å². The van der Waals surface area contributed by atoms with Crippen LogP contribution < -0.4 is 4.74 Å². The number of methoxy groups -OCH3 is 1. The number of benzene rings is 1. The van der Waals surface area contributed by atoms with Crippen molar-refractivity contribution in [3.8, 4) is 5.75 Å². The Labute approximate surface area is 179 Å². The molecule has 1 aromatic carbocycles. The van der Waals surface area contributed by atoms with Crippen LogP contribution in [0.5, 0.6) is 5.75 Å². The van der Waals surface area contributed by atoms with Crippen molar-refractivity contribution in [3.63, 3.8) is 0 Å². The largest absolute Gasteiger partial charge is 0.497 e. The zero-order valence-electron chi connectivity index (χ0n) is 18.5. The summed E-state index contributed by atoms with van der Waals surface area (Å²) >= 11 is 0. The van der Waals surface area contributed by atoms with Crippen LogP contribution in [0.15, 0.2) is 18.2 Å². The van der Waals surface area contributed by atoms with E-state index < -0.39 is 37.8 Å². The minimum Gasteiger partial charge on any atom is -0.497 e. The Morgan fingerprint density at radius 3 is 2.33 bits per heavy atom. The third kappa shape index (κ3) is 4.46. The second kappa shape index (κ2) is 8.92. The van der Waals surface area contributed by atoms with Crippen molar-refractivity contribution in [2.45, 2.75) is 57.3 Å². The molecule has 1 unspecified atom stereocenters. The number of fused-ring (bicyclic) bond motifs is 2. The fraction of sp³-hybridized carbons (Fsp3) is 0.609. The number of esters is 2. The number of carbonyl (C=O) groups excluding carboxylic acids is 3. The maximum Gasteiger partial charge on any atom is 0.310 e. The third-order valence-corrected chi connectivity index (χ3v) is 7.77. The molecule has 1 fully saturated rings. The van der Waals surface area contributed by atoms with Crippen molar-refractivity contribution in [1.82, 2.24) is 0 Å². The molecule has 2 bridgehead atoms. The van der Waals surface area contributed by atoms with Crippen molar-refractivity contribution in [2.75, 3.05) is 20.3 Å². The SMILES string of the molecule is CCCOC(=O)[C@H]1[C@H](C(=O)OCC[Si](C)(C)C)C2CC(=O)[C@H]1c1cc(OC)ccc12. The van der Waals surface area contributed by atoms with Gasteiger partial charge in [-0.05, 0) is 35.7 Å². The predicted molar refractivity (Wildman–Crippen MR) is 115 cm³/mol. The normalized spacial score (nSPS) is 24.9. The van der Waals surface area contributed by atoms with Crippen LogP contribution in [0.2, 0.25) is 25.7 Å². The molecule has 1 aromatic rings. The number of ketones is 1. The van der Waals surface area contributed by atoms with Crippen molar-refractivity contribution < 1.29 is 28.6 Å². The smallest absolute Gasteiger partial charge is 0.310 e. The second-order valence-corrected chi connectivity index (χ2v) is 15.1. The third-order valence-electron chi connectivity index (χ3n) is 6.07. The first-order chi connectivity index (χ1) is 14.2. The molecule has 0 N–H and O–H groups in total. The van der Waals surface area contributed by atoms with Crippen LogP contribution in [0.3, 0.4) is 0 Å². The fourth-order valence-corrected chi connectivity index (χ4v) is 5.25. The molecule has 0 heterocycles. The number of hydrogen-bond donors (Lipinski definition) is 0. The number of ether oxygens (including phenoxy) is 3. The average Bonchev–Trinajstić information content (AvgIpc) is 2.69. The van der Waals surface area contributed by atoms with Crippen LogP contribution >= 0.6 is 0 Å². The van der Waals surface area contributed by atoms with E-state index in [1.165, 1.54) is 0 Å². The molecule has 3 aliphatic carbocycles. The van der Waals surface area contributed by atoms with Crippen LogP contribution in [0.1, 0.15) is 42.7 Å². The fourth-order valence-electron chi connectivity index (χ4n) is 4.53. The van der Waals surface area contributed by atoms with Crippen molar-refractivity contribution in [2.24, 2.45) is 11.8 Å². The molecule has 0 radical (unpaired) electrons. The van der Waals surface area contributed by atoms with Crippen LogP contribution in [0.25, 0.3) is 0 Å². The van der Waals surface area contributed by atoms with Crippen LogP contribution in [0, 0.1) is 11.8 Å². The van der Waals surface area contributed by atoms with Crippen molar-refractivity contribution >= 4 is 25.8 Å². The summed E-state index contributed by atoms with van der Waals surface area (Å²) in [6.45, 7) is 9.18. The average molecular weight is 433 g/mol. The minimum atomic E-state index is -1.36. The highest BCUT2D eigenvalue weighted by atomic mass is 28.3. The van der Waals surface area contributed by atoms with Gasteiger partial charge in [-0.1, -0.05) is 32.6 Å². The Morgan fingerprint density at radius 2 is 1.70 bits per heavy atom. The lowest BCUT2D eigenvalue weighted by Crippen LogP contribution is -2.50. The standard InChI is InChI=1S/C23H32O6Si/c1-6-9-28-23(26)21-19-16-12-14(27-2)7-8-15(16)17(13-18(19)24)20(21)22(25)29-10-11-30(3,4)5/h7-8,12,17,19-21H,6,9-11,13H2,1-5H3/t17?,19-,20-,21-/m1/s1. The summed E-state index contributed by atoms with van der Waals surface area (Å²) in [6, 6.07) is 6.42. The number of Topliss-reactive ketones (excluding diaryl/α,β-unsaturated/α-hetero) is 1. The lowest BCUT2D eigenvalue weighted by atomic mass is 9.55. The van der Waals surface area contributed by atoms with E-state index in [1.807, 2.05) is 25.1 Å². The summed E-state index contributed by atoms with van der Waals surface area (Å²) in [5.41, 5.74) is 1.72. The highest BCUT2D eigenvalue weighted by molar-refractivity contribution is 6.76. The first kappa shape index (κ1) is 22.5. The molecule has 164 valence electrons. The van der Waals surface area contributed by atoms with Gasteiger partial charge in [0.15, 0.2) is 0 Å². The van der Waals surface area contributed by atoms with E-state index in [4.69, 9.17) is 14.2 Å². The molecular weight excluding hydrogens is 400 g/mol. The van der Waals surface area contributed by atoms with Crippen LogP contribution in [-0.2, 0) is 23.9 Å². The number of carbonyl (C=O) groups is 3. The molecular formula is C23H32O6Si. The van der Waals surface area contributed by atoms with E-state index in [0.717, 1.165) is 17.2 Å². The van der Waals surface area contributed by atoms with Crippen LogP contribution in [0.4, 0.5) is 0 Å². The summed E-state index contributed by atoms with van der Waals surface area (Å²) in [6.07, 6.45) is 0.922. The molecule has 3 aliphatic rings. The Bertz CT molecular complexity index is 827. The zero-order chi connectivity index (χ0) is 22.1. The Hall–Kier alpha value is -2.15. The minimum absolute atomic E-state index is 0.0228. The van der Waals surface area contributed by atoms with Gasteiger partial charge in [-0.2, -0.15) is 0 Å². The summed E-state index contributed by atoms with van der Waals surface area (Å²) in [7, 11) is 0.203. The first-order valence-electron chi connectivity index (χ1n) is 10.7. The van der Waals surface area contributed by atoms with Gasteiger partial charge in [-0.15, -0.1) is 0 Å². The summed E-state index contributed by atoms with van der Waals surface area (Å²) in [5, 5.41) is 0. The van der Waals surface area contributed by atoms with Gasteiger partial charge in [0.1, 0.15) is 11.5 Å². The molecule has 0 amide bonds. The van der Waals surface area contributed by atoms with E-state index in [9.17, 15) is 14.4 Å². The first-order valence-corrected chi connectivity index (χ1v) is 14.4. The summed E-state index contributed by atoms with van der Waals surface area (Å²) < 4.78 is 16.4. The lowest BCUT2D eigenvalue weighted by Gasteiger charge is -2.46. The van der Waals surface area contributed by atoms with Gasteiger partial charge >= 0.3 is 11.9 Å². The monoisotopic (exact) mass is 432 g/mol. The summed E-state index contributed by atoms with van der Waals surface area (Å²) in [4.78, 5) is 39.1. The summed E-state index contributed by atoms with van der Waals surface area (Å²) in [5.74, 6) is -2.88. The molecule has 7 heteroatoms. The predicted octanol–water partition coefficient (Wildman–Crippen LogP) is 3.92. The molecule has 0 spiro atoms. The van der Waals surface area contributed by atoms with Gasteiger partial charge in [0.2, 0.25) is 0 Å². The van der Waals surface area contributed by atoms with E-state index in [1.54, 1.807) is 7.11 Å². The van der Waals surface area contributed by atoms with Gasteiger partial charge < -0.3 is 14.2 Å². The van der Waals surface area contributed by atoms with E-state index in [2.05, 4.69) is 19.6 Å². The molecule has 1 saturated carbocycles. The van der Waals surface area contributed by atoms with E-state index >= 15 is 0 Å². The number of hydrogen-bond acceptors (Lipinski definition) is 6. The van der Waals surface area contributed by atoms with E-state index in [0.29, 0.717) is 18.8 Å². The van der Waals surface area contributed by atoms with Crippen molar-refractivity contribution in [3.05, 3.63) is 29.3 Å². The molecule has 4 atom stereocenters. The Balaban J connectivity index is 1.96. The maximum atomic E-state index is 13.2. The second-order valence-electron chi connectivity index (χ2n) is 9.45. The molecule has 0 aromatic heterocycles. The van der Waals surface area contributed by atoms with Gasteiger partial charge in [0.05, 0.1) is 38.1 Å². The Morgan fingerprint density at radius 1 is 1.03 bits per heavy atom. The zero-order valence-corrected chi connectivity index (χ0v) is 19.5. The van der Waals surface area contributed by atoms with Gasteiger partial charge in [0.25, 0.3) is 0 Å². The molecule has 0 aliphatic heterocycles. The lowest BCUT2D eigenvalue weighted by molar-refractivity contribution is -0.167. The molecule has 30 heavy (non-hydrogen) atoms. The van der Waals surface area contributed by atoms with Crippen LogP contribution in [-0.4, -0.2) is 46.1 Å². The molecule has 6 nitrogen and oxygen atoms in total. The number of rotatable bonds is 8. The molecule has 4 rings (SSSR count). The highest BCUT2D eigenvalue weighted by Crippen LogP contribution is 2.55. The van der Waals surface area contributed by atoms with Crippen molar-refractivity contribution in [1.29, 1.82) is 0 Å². The molecule has 0 saturated heterocycles. The van der Waals surface area contributed by atoms with Gasteiger partial charge in [0, 0.05) is 20.4 Å². The highest BCUT2D eigenvalue weighted by Gasteiger charge is 2.57. The Kier molecular flexibility index (Phi) is 6.70. The maximum absolute atomic E-state index is 13.2. The van der Waals surface area contributed by atoms with Gasteiger partial charge in [-0.25, -0.2) is 0 Å².